The molecule has 0 saturated carbocycles. The molecule has 0 unspecified atom stereocenters. The molecule has 0 aliphatic carbocycles. The van der Waals surface area contributed by atoms with Crippen LogP contribution in [-0.4, -0.2) is 14.4 Å². The zero-order chi connectivity index (χ0) is 12.4. The van der Waals surface area contributed by atoms with Gasteiger partial charge in [0.1, 0.15) is 0 Å². The van der Waals surface area contributed by atoms with Gasteiger partial charge in [0.15, 0.2) is 0 Å². The van der Waals surface area contributed by atoms with Crippen molar-refractivity contribution >= 4 is 23.2 Å². The number of hydrogen-bond acceptors (Lipinski definition) is 4. The first-order chi connectivity index (χ1) is 8.81. The van der Waals surface area contributed by atoms with Crippen LogP contribution in [0.25, 0.3) is 5.78 Å². The number of imidazole rings is 1. The Kier molecular flexibility index (Phi) is 2.90. The van der Waals surface area contributed by atoms with Crippen molar-refractivity contribution in [1.82, 2.24) is 14.4 Å². The van der Waals surface area contributed by atoms with Crippen LogP contribution in [0.3, 0.4) is 0 Å². The van der Waals surface area contributed by atoms with Crippen LogP contribution < -0.4 is 5.73 Å². The number of nitrogens with zero attached hydrogens (tertiary/aromatic N) is 3. The molecule has 1 aromatic carbocycles. The molecule has 2 aromatic heterocycles. The minimum absolute atomic E-state index is 0.741. The molecular weight excluding hydrogens is 244 g/mol. The average Bonchev–Trinajstić information content (AvgIpc) is 2.81. The molecule has 2 N–H and O–H groups in total. The summed E-state index contributed by atoms with van der Waals surface area (Å²) in [5, 5.41) is 0. The topological polar surface area (TPSA) is 56.2 Å². The number of hydrogen-bond donors (Lipinski definition) is 1. The van der Waals surface area contributed by atoms with Gasteiger partial charge in [-0.05, 0) is 30.3 Å². The fourth-order valence-corrected chi connectivity index (χ4v) is 2.45. The zero-order valence-corrected chi connectivity index (χ0v) is 10.5. The maximum absolute atomic E-state index is 5.65. The van der Waals surface area contributed by atoms with Gasteiger partial charge in [-0.15, -0.1) is 11.8 Å². The van der Waals surface area contributed by atoms with E-state index < -0.39 is 0 Å². The van der Waals surface area contributed by atoms with E-state index >= 15 is 0 Å². The summed E-state index contributed by atoms with van der Waals surface area (Å²) in [6.07, 6.45) is 5.71. The number of rotatable bonds is 3. The summed E-state index contributed by atoms with van der Waals surface area (Å²) < 4.78 is 1.93. The molecule has 5 heteroatoms. The second kappa shape index (κ2) is 4.70. The van der Waals surface area contributed by atoms with Gasteiger partial charge in [-0.2, -0.15) is 0 Å². The summed E-state index contributed by atoms with van der Waals surface area (Å²) in [6, 6.07) is 9.76. The van der Waals surface area contributed by atoms with Gasteiger partial charge in [-0.3, -0.25) is 4.40 Å². The molecule has 0 spiro atoms. The van der Waals surface area contributed by atoms with Crippen LogP contribution in [0.15, 0.2) is 53.8 Å². The molecule has 3 rings (SSSR count). The normalized spacial score (nSPS) is 10.9. The molecule has 4 nitrogen and oxygen atoms in total. The Morgan fingerprint density at radius 2 is 2.06 bits per heavy atom. The summed E-state index contributed by atoms with van der Waals surface area (Å²) in [7, 11) is 0. The number of benzene rings is 1. The lowest BCUT2D eigenvalue weighted by atomic mass is 10.3. The van der Waals surface area contributed by atoms with Gasteiger partial charge in [-0.25, -0.2) is 9.97 Å². The third kappa shape index (κ3) is 2.31. The number of nitrogen functional groups attached to an aromatic ring is 1. The highest BCUT2D eigenvalue weighted by Crippen LogP contribution is 2.23. The Hall–Kier alpha value is -2.01. The highest BCUT2D eigenvalue weighted by atomic mass is 32.2. The SMILES string of the molecule is Nc1ccc(SCc2cn3cccnc3n2)cc1. The van der Waals surface area contributed by atoms with Crippen LogP contribution in [-0.2, 0) is 5.75 Å². The van der Waals surface area contributed by atoms with Crippen molar-refractivity contribution in [3.63, 3.8) is 0 Å². The summed E-state index contributed by atoms with van der Waals surface area (Å²) in [6.45, 7) is 0. The zero-order valence-electron chi connectivity index (χ0n) is 9.65. The number of thioether (sulfide) groups is 1. The number of aromatic nitrogens is 3. The monoisotopic (exact) mass is 256 g/mol. The van der Waals surface area contributed by atoms with Crippen LogP contribution in [0.2, 0.25) is 0 Å². The Balaban J connectivity index is 1.74. The van der Waals surface area contributed by atoms with Gasteiger partial charge in [0, 0.05) is 34.9 Å². The number of nitrogens with two attached hydrogens (primary N) is 1. The van der Waals surface area contributed by atoms with Crippen LogP contribution in [0.5, 0.6) is 0 Å². The third-order valence-electron chi connectivity index (χ3n) is 2.55. The molecule has 0 saturated heterocycles. The molecule has 0 fully saturated rings. The molecule has 0 atom stereocenters. The molecule has 0 aliphatic rings. The molecular formula is C13H12N4S. The first kappa shape index (κ1) is 11.1. The predicted molar refractivity (Wildman–Crippen MR) is 73.4 cm³/mol. The Morgan fingerprint density at radius 3 is 2.83 bits per heavy atom. The van der Waals surface area contributed by atoms with Gasteiger partial charge < -0.3 is 5.73 Å². The first-order valence-electron chi connectivity index (χ1n) is 5.58. The molecule has 0 amide bonds. The number of anilines is 1. The summed E-state index contributed by atoms with van der Waals surface area (Å²) in [4.78, 5) is 9.84. The smallest absolute Gasteiger partial charge is 0.233 e. The second-order valence-electron chi connectivity index (χ2n) is 3.92. The molecule has 90 valence electrons. The maximum atomic E-state index is 5.65. The van der Waals surface area contributed by atoms with Crippen molar-refractivity contribution in [1.29, 1.82) is 0 Å². The summed E-state index contributed by atoms with van der Waals surface area (Å²) >= 11 is 1.74. The quantitative estimate of drug-likeness (QED) is 0.578. The molecule has 0 radical (unpaired) electrons. The van der Waals surface area contributed by atoms with E-state index in [2.05, 4.69) is 9.97 Å². The van der Waals surface area contributed by atoms with Crippen LogP contribution in [0.4, 0.5) is 5.69 Å². The third-order valence-corrected chi connectivity index (χ3v) is 3.60. The van der Waals surface area contributed by atoms with Crippen LogP contribution >= 0.6 is 11.8 Å². The van der Waals surface area contributed by atoms with Crippen LogP contribution in [0.1, 0.15) is 5.69 Å². The minimum atomic E-state index is 0.741. The Bertz CT molecular complexity index is 627. The van der Waals surface area contributed by atoms with E-state index in [4.69, 9.17) is 5.73 Å². The maximum Gasteiger partial charge on any atom is 0.233 e. The van der Waals surface area contributed by atoms with Gasteiger partial charge in [0.25, 0.3) is 0 Å². The van der Waals surface area contributed by atoms with E-state index in [-0.39, 0.29) is 0 Å². The largest absolute Gasteiger partial charge is 0.399 e. The Morgan fingerprint density at radius 1 is 1.22 bits per heavy atom. The van der Waals surface area contributed by atoms with Crippen molar-refractivity contribution < 1.29 is 0 Å². The lowest BCUT2D eigenvalue weighted by molar-refractivity contribution is 1.11. The van der Waals surface area contributed by atoms with E-state index in [0.717, 1.165) is 22.9 Å². The first-order valence-corrected chi connectivity index (χ1v) is 6.57. The predicted octanol–water partition coefficient (Wildman–Crippen LogP) is 2.60. The van der Waals surface area contributed by atoms with Crippen molar-refractivity contribution in [2.24, 2.45) is 0 Å². The highest BCUT2D eigenvalue weighted by Gasteiger charge is 2.02. The molecule has 18 heavy (non-hydrogen) atoms. The number of fused-ring (bicyclic) bond motifs is 1. The van der Waals surface area contributed by atoms with Gasteiger partial charge in [0.2, 0.25) is 5.78 Å². The van der Waals surface area contributed by atoms with Crippen molar-refractivity contribution in [3.8, 4) is 0 Å². The van der Waals surface area contributed by atoms with E-state index in [1.807, 2.05) is 47.1 Å². The highest BCUT2D eigenvalue weighted by molar-refractivity contribution is 7.98. The minimum Gasteiger partial charge on any atom is -0.399 e. The molecule has 3 aromatic rings. The van der Waals surface area contributed by atoms with Gasteiger partial charge in [0.05, 0.1) is 5.69 Å². The van der Waals surface area contributed by atoms with E-state index in [1.165, 1.54) is 4.90 Å². The van der Waals surface area contributed by atoms with Crippen LogP contribution in [0, 0.1) is 0 Å². The van der Waals surface area contributed by atoms with E-state index in [9.17, 15) is 0 Å². The fourth-order valence-electron chi connectivity index (χ4n) is 1.67. The van der Waals surface area contributed by atoms with Crippen molar-refractivity contribution in [2.45, 2.75) is 10.6 Å². The van der Waals surface area contributed by atoms with Gasteiger partial charge >= 0.3 is 0 Å². The molecule has 0 bridgehead atoms. The van der Waals surface area contributed by atoms with E-state index in [1.54, 1.807) is 18.0 Å². The van der Waals surface area contributed by atoms with E-state index in [0.29, 0.717) is 0 Å². The van der Waals surface area contributed by atoms with Crippen molar-refractivity contribution in [2.75, 3.05) is 5.73 Å². The van der Waals surface area contributed by atoms with Crippen molar-refractivity contribution in [3.05, 3.63) is 54.6 Å². The average molecular weight is 256 g/mol. The Labute approximate surface area is 109 Å². The lowest BCUT2D eigenvalue weighted by Gasteiger charge is -1.99. The fraction of sp³-hybridized carbons (Fsp3) is 0.0769. The summed E-state index contributed by atoms with van der Waals surface area (Å²) in [5.74, 6) is 1.57. The molecule has 0 aliphatic heterocycles. The summed E-state index contributed by atoms with van der Waals surface area (Å²) in [5.41, 5.74) is 7.46. The van der Waals surface area contributed by atoms with Gasteiger partial charge in [-0.1, -0.05) is 0 Å². The second-order valence-corrected chi connectivity index (χ2v) is 4.97. The molecule has 2 heterocycles. The standard InChI is InChI=1S/C13H12N4S/c14-10-2-4-12(5-3-10)18-9-11-8-17-7-1-6-15-13(17)16-11/h1-8H,9,14H2. The lowest BCUT2D eigenvalue weighted by Crippen LogP contribution is -1.84.